The molecule has 0 aliphatic carbocycles. The lowest BCUT2D eigenvalue weighted by Crippen LogP contribution is -2.53. The molecule has 0 radical (unpaired) electrons. The van der Waals surface area contributed by atoms with Gasteiger partial charge in [0.05, 0.1) is 27.6 Å². The summed E-state index contributed by atoms with van der Waals surface area (Å²) in [6, 6.07) is 7.46. The molecule has 3 N–H and O–H groups in total. The third kappa shape index (κ3) is 14.2. The van der Waals surface area contributed by atoms with Crippen LogP contribution in [0.25, 0.3) is 0 Å². The average molecular weight is 804 g/mol. The van der Waals surface area contributed by atoms with E-state index < -0.39 is 30.1 Å². The fourth-order valence-corrected chi connectivity index (χ4v) is 7.52. The number of hydrogen-bond donors (Lipinski definition) is 3. The summed E-state index contributed by atoms with van der Waals surface area (Å²) < 4.78 is 5.50. The molecule has 56 heavy (non-hydrogen) atoms. The number of carbonyl (C=O) groups excluding carboxylic acids is 5. The van der Waals surface area contributed by atoms with E-state index in [0.717, 1.165) is 31.6 Å². The first kappa shape index (κ1) is 43.6. The Morgan fingerprint density at radius 3 is 2.39 bits per heavy atom. The predicted molar refractivity (Wildman–Crippen MR) is 219 cm³/mol. The Kier molecular flexibility index (Phi) is 17.4. The number of hydrogen-bond acceptors (Lipinski definition) is 10. The number of ether oxygens (including phenoxy) is 1. The summed E-state index contributed by atoms with van der Waals surface area (Å²) in [5.41, 5.74) is 4.36. The second-order valence-electron chi connectivity index (χ2n) is 14.0. The summed E-state index contributed by atoms with van der Waals surface area (Å²) in [5, 5.41) is 11.9. The summed E-state index contributed by atoms with van der Waals surface area (Å²) in [6.07, 6.45) is 10.7. The molecule has 13 nitrogen and oxygen atoms in total. The van der Waals surface area contributed by atoms with Crippen molar-refractivity contribution in [2.75, 3.05) is 13.6 Å². The SMILES string of the molecule is C=C/C=C(\C=C/C)C[C@H](CC[C@@H](Cc1ccccc1)NC(=O)OCc1cncs1)NC(=O)[C@H](CCN1C(=O)CCC1=O)NC(=O)N(C)Cc1csc(C(C)C)n1. The van der Waals surface area contributed by atoms with E-state index in [1.807, 2.05) is 60.9 Å². The summed E-state index contributed by atoms with van der Waals surface area (Å²) in [4.78, 5) is 77.8. The number of carbonyl (C=O) groups is 5. The number of imide groups is 1. The molecule has 1 aliphatic heterocycles. The van der Waals surface area contributed by atoms with Gasteiger partial charge in [-0.3, -0.25) is 24.3 Å². The smallest absolute Gasteiger partial charge is 0.407 e. The fourth-order valence-electron chi connectivity index (χ4n) is 6.19. The number of aromatic nitrogens is 2. The zero-order valence-electron chi connectivity index (χ0n) is 32.6. The summed E-state index contributed by atoms with van der Waals surface area (Å²) in [5.74, 6) is -0.797. The van der Waals surface area contributed by atoms with Crippen molar-refractivity contribution in [2.24, 2.45) is 0 Å². The first-order chi connectivity index (χ1) is 26.9. The molecule has 0 spiro atoms. The van der Waals surface area contributed by atoms with Gasteiger partial charge in [0.1, 0.15) is 12.6 Å². The van der Waals surface area contributed by atoms with Gasteiger partial charge in [0, 0.05) is 56.0 Å². The Morgan fingerprint density at radius 1 is 1.02 bits per heavy atom. The molecular formula is C41H53N7O6S2. The lowest BCUT2D eigenvalue weighted by molar-refractivity contribution is -0.139. The third-order valence-electron chi connectivity index (χ3n) is 9.10. The highest BCUT2D eigenvalue weighted by atomic mass is 32.1. The monoisotopic (exact) mass is 803 g/mol. The minimum absolute atomic E-state index is 0.0127. The summed E-state index contributed by atoms with van der Waals surface area (Å²) in [7, 11) is 1.63. The number of amides is 6. The van der Waals surface area contributed by atoms with Crippen LogP contribution in [0.4, 0.5) is 9.59 Å². The normalized spacial score (nSPS) is 14.8. The molecule has 300 valence electrons. The van der Waals surface area contributed by atoms with Gasteiger partial charge in [-0.15, -0.1) is 22.7 Å². The van der Waals surface area contributed by atoms with Crippen LogP contribution in [0.3, 0.4) is 0 Å². The lowest BCUT2D eigenvalue weighted by atomic mass is 9.95. The lowest BCUT2D eigenvalue weighted by Gasteiger charge is -2.28. The number of alkyl carbamates (subject to hydrolysis) is 1. The second kappa shape index (κ2) is 22.4. The van der Waals surface area contributed by atoms with E-state index in [-0.39, 0.29) is 62.7 Å². The molecule has 15 heteroatoms. The molecule has 3 atom stereocenters. The van der Waals surface area contributed by atoms with Crippen LogP contribution in [-0.4, -0.2) is 81.3 Å². The molecule has 0 unspecified atom stereocenters. The molecule has 4 rings (SSSR count). The molecule has 6 amide bonds. The van der Waals surface area contributed by atoms with Crippen molar-refractivity contribution in [3.63, 3.8) is 0 Å². The van der Waals surface area contributed by atoms with Crippen LogP contribution in [0.1, 0.15) is 86.4 Å². The van der Waals surface area contributed by atoms with Crippen LogP contribution in [0.5, 0.6) is 0 Å². The van der Waals surface area contributed by atoms with E-state index in [9.17, 15) is 24.0 Å². The van der Waals surface area contributed by atoms with Crippen LogP contribution >= 0.6 is 22.7 Å². The molecule has 3 aromatic rings. The zero-order chi connectivity index (χ0) is 40.5. The van der Waals surface area contributed by atoms with E-state index in [2.05, 4.69) is 46.3 Å². The standard InChI is InChI=1S/C41H53N7O6S2/c1-6-11-29(12-7-2)21-31(15-16-32(22-30-13-9-8-10-14-30)45-41(53)54-25-34-23-42-27-56-34)43-38(51)35(19-20-48-36(49)17-18-37(48)50)46-40(52)47(5)24-33-26-55-39(44-33)28(3)4/h6-14,23,26-28,31-32,35H,1,15-22,24-25H2,2-5H3,(H,43,51)(H,45,53)(H,46,52)/b12-7-,29-11+/t31-,32-,35-/m0/s1. The van der Waals surface area contributed by atoms with Crippen molar-refractivity contribution in [3.8, 4) is 0 Å². The Balaban J connectivity index is 1.52. The molecule has 1 saturated heterocycles. The number of urea groups is 1. The van der Waals surface area contributed by atoms with E-state index in [0.29, 0.717) is 25.7 Å². The maximum Gasteiger partial charge on any atom is 0.407 e. The number of nitrogens with zero attached hydrogens (tertiary/aromatic N) is 4. The number of rotatable bonds is 21. The van der Waals surface area contributed by atoms with Gasteiger partial charge in [-0.25, -0.2) is 14.6 Å². The van der Waals surface area contributed by atoms with Crippen LogP contribution in [0.2, 0.25) is 0 Å². The Labute approximate surface area is 337 Å². The molecule has 1 fully saturated rings. The van der Waals surface area contributed by atoms with Crippen LogP contribution in [0.15, 0.2) is 83.9 Å². The highest BCUT2D eigenvalue weighted by Gasteiger charge is 2.32. The number of benzene rings is 1. The van der Waals surface area contributed by atoms with Gasteiger partial charge in [-0.2, -0.15) is 0 Å². The minimum Gasteiger partial charge on any atom is -0.444 e. The van der Waals surface area contributed by atoms with Gasteiger partial charge in [-0.05, 0) is 50.2 Å². The van der Waals surface area contributed by atoms with Crippen molar-refractivity contribution in [1.82, 2.24) is 35.7 Å². The number of likely N-dealkylation sites (tertiary alicyclic amines) is 1. The number of thiazole rings is 2. The van der Waals surface area contributed by atoms with Gasteiger partial charge in [-0.1, -0.05) is 75.1 Å². The average Bonchev–Trinajstić information content (AvgIpc) is 3.94. The molecule has 0 saturated carbocycles. The van der Waals surface area contributed by atoms with E-state index in [1.54, 1.807) is 24.8 Å². The molecule has 1 aliphatic rings. The third-order valence-corrected chi connectivity index (χ3v) is 11.0. The van der Waals surface area contributed by atoms with Crippen molar-refractivity contribution in [1.29, 1.82) is 0 Å². The quantitative estimate of drug-likeness (QED) is 0.0797. The van der Waals surface area contributed by atoms with E-state index >= 15 is 0 Å². The minimum atomic E-state index is -1.07. The second-order valence-corrected chi connectivity index (χ2v) is 15.8. The van der Waals surface area contributed by atoms with Crippen LogP contribution in [-0.2, 0) is 38.7 Å². The highest BCUT2D eigenvalue weighted by molar-refractivity contribution is 7.09. The topological polar surface area (TPSA) is 163 Å². The van der Waals surface area contributed by atoms with Gasteiger partial charge >= 0.3 is 12.1 Å². The highest BCUT2D eigenvalue weighted by Crippen LogP contribution is 2.21. The fraction of sp³-hybridized carbons (Fsp3) is 0.439. The van der Waals surface area contributed by atoms with E-state index in [1.165, 1.54) is 27.6 Å². The first-order valence-electron chi connectivity index (χ1n) is 18.8. The Bertz CT molecular complexity index is 1810. The van der Waals surface area contributed by atoms with Gasteiger partial charge in [0.25, 0.3) is 0 Å². The van der Waals surface area contributed by atoms with Gasteiger partial charge in [0.15, 0.2) is 0 Å². The van der Waals surface area contributed by atoms with Crippen LogP contribution < -0.4 is 16.0 Å². The Hall–Kier alpha value is -5.15. The van der Waals surface area contributed by atoms with Crippen LogP contribution in [0, 0.1) is 0 Å². The number of allylic oxidation sites excluding steroid dienone is 4. The molecule has 1 aromatic carbocycles. The largest absolute Gasteiger partial charge is 0.444 e. The summed E-state index contributed by atoms with van der Waals surface area (Å²) in [6.45, 7) is 10.2. The summed E-state index contributed by atoms with van der Waals surface area (Å²) >= 11 is 2.93. The van der Waals surface area contributed by atoms with Crippen molar-refractivity contribution >= 4 is 52.5 Å². The predicted octanol–water partition coefficient (Wildman–Crippen LogP) is 6.65. The van der Waals surface area contributed by atoms with Crippen molar-refractivity contribution in [3.05, 3.63) is 105 Å². The first-order valence-corrected chi connectivity index (χ1v) is 20.6. The Morgan fingerprint density at radius 2 is 1.75 bits per heavy atom. The van der Waals surface area contributed by atoms with Gasteiger partial charge < -0.3 is 25.6 Å². The maximum atomic E-state index is 14.2. The molecule has 3 heterocycles. The zero-order valence-corrected chi connectivity index (χ0v) is 34.2. The van der Waals surface area contributed by atoms with Crippen molar-refractivity contribution < 1.29 is 28.7 Å². The number of nitrogens with one attached hydrogen (secondary N) is 3. The van der Waals surface area contributed by atoms with Crippen molar-refractivity contribution in [2.45, 2.75) is 103 Å². The van der Waals surface area contributed by atoms with Gasteiger partial charge in [0.2, 0.25) is 17.7 Å². The molecular weight excluding hydrogens is 751 g/mol. The molecule has 2 aromatic heterocycles. The maximum absolute atomic E-state index is 14.2. The molecule has 0 bridgehead atoms. The van der Waals surface area contributed by atoms with E-state index in [4.69, 9.17) is 4.74 Å².